The Morgan fingerprint density at radius 2 is 1.76 bits per heavy atom. The van der Waals surface area contributed by atoms with E-state index in [-0.39, 0.29) is 11.8 Å². The van der Waals surface area contributed by atoms with Gasteiger partial charge in [0.2, 0.25) is 0 Å². The van der Waals surface area contributed by atoms with Gasteiger partial charge < -0.3 is 10.6 Å². The summed E-state index contributed by atoms with van der Waals surface area (Å²) in [6, 6.07) is 14.0. The van der Waals surface area contributed by atoms with Crippen LogP contribution >= 0.6 is 0 Å². The molecule has 0 spiro atoms. The van der Waals surface area contributed by atoms with Crippen molar-refractivity contribution in [1.29, 1.82) is 0 Å². The maximum atomic E-state index is 12.7. The van der Waals surface area contributed by atoms with Crippen LogP contribution in [0.3, 0.4) is 0 Å². The number of aryl methyl sites for hydroxylation is 1. The fourth-order valence-corrected chi connectivity index (χ4v) is 2.05. The largest absolute Gasteiger partial charge is 0.338 e. The molecule has 3 nitrogen and oxygen atoms in total. The zero-order valence-corrected chi connectivity index (χ0v) is 12.0. The van der Waals surface area contributed by atoms with Crippen molar-refractivity contribution >= 4 is 6.03 Å². The molecule has 0 unspecified atom stereocenters. The lowest BCUT2D eigenvalue weighted by atomic mass is 10.1. The number of rotatable bonds is 5. The average molecular weight is 286 g/mol. The third kappa shape index (κ3) is 4.91. The number of hydrogen-bond acceptors (Lipinski definition) is 1. The lowest BCUT2D eigenvalue weighted by Crippen LogP contribution is -2.36. The summed E-state index contributed by atoms with van der Waals surface area (Å²) in [4.78, 5) is 11.7. The van der Waals surface area contributed by atoms with E-state index in [1.165, 1.54) is 23.3 Å². The summed E-state index contributed by atoms with van der Waals surface area (Å²) in [5.41, 5.74) is 3.33. The van der Waals surface area contributed by atoms with Crippen LogP contribution in [0.2, 0.25) is 0 Å². The molecule has 21 heavy (non-hydrogen) atoms. The highest BCUT2D eigenvalue weighted by Gasteiger charge is 2.02. The van der Waals surface area contributed by atoms with Crippen molar-refractivity contribution in [3.8, 4) is 0 Å². The molecule has 110 valence electrons. The van der Waals surface area contributed by atoms with Gasteiger partial charge in [0.15, 0.2) is 0 Å². The molecule has 0 heterocycles. The number of nitrogens with one attached hydrogen (secondary N) is 2. The molecule has 0 bridgehead atoms. The van der Waals surface area contributed by atoms with Crippen LogP contribution in [-0.2, 0) is 13.0 Å². The first-order valence-corrected chi connectivity index (χ1v) is 6.96. The number of urea groups is 1. The minimum Gasteiger partial charge on any atom is -0.338 e. The van der Waals surface area contributed by atoms with Crippen LogP contribution in [0.25, 0.3) is 0 Å². The van der Waals surface area contributed by atoms with Gasteiger partial charge in [-0.3, -0.25) is 0 Å². The minimum atomic E-state index is -0.276. The molecular weight excluding hydrogens is 267 g/mol. The second-order valence-corrected chi connectivity index (χ2v) is 4.91. The maximum Gasteiger partial charge on any atom is 0.315 e. The Kier molecular flexibility index (Phi) is 5.32. The zero-order chi connectivity index (χ0) is 15.1. The van der Waals surface area contributed by atoms with Crippen molar-refractivity contribution in [2.75, 3.05) is 6.54 Å². The second-order valence-electron chi connectivity index (χ2n) is 4.91. The fraction of sp³-hybridized carbons (Fsp3) is 0.235. The van der Waals surface area contributed by atoms with E-state index in [9.17, 15) is 9.18 Å². The predicted molar refractivity (Wildman–Crippen MR) is 81.5 cm³/mol. The summed E-state index contributed by atoms with van der Waals surface area (Å²) in [5, 5.41) is 5.56. The Bertz CT molecular complexity index is 596. The van der Waals surface area contributed by atoms with Crippen LogP contribution in [0, 0.1) is 12.7 Å². The van der Waals surface area contributed by atoms with Crippen LogP contribution in [0.1, 0.15) is 16.7 Å². The highest BCUT2D eigenvalue weighted by molar-refractivity contribution is 5.73. The molecule has 0 saturated carbocycles. The van der Waals surface area contributed by atoms with E-state index in [4.69, 9.17) is 0 Å². The highest BCUT2D eigenvalue weighted by atomic mass is 19.1. The van der Waals surface area contributed by atoms with Crippen molar-refractivity contribution in [2.24, 2.45) is 0 Å². The number of carbonyl (C=O) groups excluding carboxylic acids is 1. The third-order valence-corrected chi connectivity index (χ3v) is 3.31. The Morgan fingerprint density at radius 3 is 2.48 bits per heavy atom. The van der Waals surface area contributed by atoms with E-state index in [0.717, 1.165) is 12.0 Å². The lowest BCUT2D eigenvalue weighted by Gasteiger charge is -2.09. The van der Waals surface area contributed by atoms with E-state index in [1.807, 2.05) is 12.1 Å². The maximum absolute atomic E-state index is 12.7. The molecular formula is C17H19FN2O. The van der Waals surface area contributed by atoms with Crippen LogP contribution in [0.15, 0.2) is 48.5 Å². The molecule has 0 saturated heterocycles. The summed E-state index contributed by atoms with van der Waals surface area (Å²) in [6.45, 7) is 3.03. The van der Waals surface area contributed by atoms with E-state index in [2.05, 4.69) is 29.7 Å². The molecule has 2 N–H and O–H groups in total. The average Bonchev–Trinajstić information content (AvgIpc) is 2.49. The van der Waals surface area contributed by atoms with Gasteiger partial charge >= 0.3 is 6.03 Å². The SMILES string of the molecule is Cc1ccccc1CCNC(=O)NCc1ccc(F)cc1. The van der Waals surface area contributed by atoms with E-state index < -0.39 is 0 Å². The molecule has 0 fully saturated rings. The summed E-state index contributed by atoms with van der Waals surface area (Å²) < 4.78 is 12.7. The first-order valence-electron chi connectivity index (χ1n) is 6.96. The Labute approximate surface area is 124 Å². The van der Waals surface area contributed by atoms with Gasteiger partial charge in [-0.1, -0.05) is 36.4 Å². The molecule has 0 atom stereocenters. The highest BCUT2D eigenvalue weighted by Crippen LogP contribution is 2.06. The van der Waals surface area contributed by atoms with Crippen LogP contribution in [0.4, 0.5) is 9.18 Å². The number of hydrogen-bond donors (Lipinski definition) is 2. The summed E-state index contributed by atoms with van der Waals surface area (Å²) in [5.74, 6) is -0.276. The fourth-order valence-electron chi connectivity index (χ4n) is 2.05. The quantitative estimate of drug-likeness (QED) is 0.871. The van der Waals surface area contributed by atoms with Crippen molar-refractivity contribution in [3.05, 3.63) is 71.0 Å². The summed E-state index contributed by atoms with van der Waals surface area (Å²) in [7, 11) is 0. The molecule has 0 aliphatic carbocycles. The van der Waals surface area contributed by atoms with Gasteiger partial charge in [0.05, 0.1) is 0 Å². The Morgan fingerprint density at radius 1 is 1.05 bits per heavy atom. The van der Waals surface area contributed by atoms with Crippen molar-refractivity contribution in [3.63, 3.8) is 0 Å². The normalized spacial score (nSPS) is 10.2. The first-order chi connectivity index (χ1) is 10.1. The van der Waals surface area contributed by atoms with Gasteiger partial charge in [0, 0.05) is 13.1 Å². The number of amides is 2. The third-order valence-electron chi connectivity index (χ3n) is 3.31. The number of halogens is 1. The van der Waals surface area contributed by atoms with Crippen molar-refractivity contribution in [2.45, 2.75) is 19.9 Å². The van der Waals surface area contributed by atoms with Crippen LogP contribution in [0.5, 0.6) is 0 Å². The van der Waals surface area contributed by atoms with Gasteiger partial charge in [-0.05, 0) is 42.2 Å². The van der Waals surface area contributed by atoms with Gasteiger partial charge in [-0.2, -0.15) is 0 Å². The Balaban J connectivity index is 1.70. The molecule has 0 aliphatic rings. The topological polar surface area (TPSA) is 41.1 Å². The van der Waals surface area contributed by atoms with Gasteiger partial charge in [0.25, 0.3) is 0 Å². The first kappa shape index (κ1) is 15.0. The molecule has 0 radical (unpaired) electrons. The van der Waals surface area contributed by atoms with Crippen LogP contribution < -0.4 is 10.6 Å². The van der Waals surface area contributed by atoms with Gasteiger partial charge in [0.1, 0.15) is 5.82 Å². The van der Waals surface area contributed by atoms with E-state index >= 15 is 0 Å². The molecule has 0 aromatic heterocycles. The summed E-state index contributed by atoms with van der Waals surface area (Å²) in [6.07, 6.45) is 0.802. The molecule has 2 aromatic carbocycles. The van der Waals surface area contributed by atoms with Crippen molar-refractivity contribution in [1.82, 2.24) is 10.6 Å². The zero-order valence-electron chi connectivity index (χ0n) is 12.0. The molecule has 0 aliphatic heterocycles. The lowest BCUT2D eigenvalue weighted by molar-refractivity contribution is 0.240. The molecule has 2 amide bonds. The standard InChI is InChI=1S/C17H19FN2O/c1-13-4-2-3-5-15(13)10-11-19-17(21)20-12-14-6-8-16(18)9-7-14/h2-9H,10-12H2,1H3,(H2,19,20,21). The van der Waals surface area contributed by atoms with Crippen molar-refractivity contribution < 1.29 is 9.18 Å². The molecule has 4 heteroatoms. The van der Waals surface area contributed by atoms with E-state index in [1.54, 1.807) is 12.1 Å². The van der Waals surface area contributed by atoms with Crippen LogP contribution in [-0.4, -0.2) is 12.6 Å². The van der Waals surface area contributed by atoms with E-state index in [0.29, 0.717) is 13.1 Å². The second kappa shape index (κ2) is 7.43. The van der Waals surface area contributed by atoms with Gasteiger partial charge in [-0.15, -0.1) is 0 Å². The monoisotopic (exact) mass is 286 g/mol. The smallest absolute Gasteiger partial charge is 0.315 e. The molecule has 2 aromatic rings. The summed E-state index contributed by atoms with van der Waals surface area (Å²) >= 11 is 0. The number of carbonyl (C=O) groups is 1. The van der Waals surface area contributed by atoms with Gasteiger partial charge in [-0.25, -0.2) is 9.18 Å². The minimum absolute atomic E-state index is 0.215. The molecule has 2 rings (SSSR count). The predicted octanol–water partition coefficient (Wildman–Crippen LogP) is 3.18. The Hall–Kier alpha value is -2.36. The number of benzene rings is 2.